The van der Waals surface area contributed by atoms with Crippen LogP contribution in [0.2, 0.25) is 0 Å². The summed E-state index contributed by atoms with van der Waals surface area (Å²) in [5.74, 6) is -0.00268. The Labute approximate surface area is 498 Å². The van der Waals surface area contributed by atoms with Crippen LogP contribution in [0.4, 0.5) is 0 Å². The Hall–Kier alpha value is -1.94. The molecule has 0 aliphatic carbocycles. The van der Waals surface area contributed by atoms with Crippen LogP contribution in [0, 0.1) is 17.8 Å². The summed E-state index contributed by atoms with van der Waals surface area (Å²) in [6, 6.07) is 0. The van der Waals surface area contributed by atoms with E-state index in [4.69, 9.17) is 37.0 Å². The zero-order chi connectivity index (χ0) is 61.0. The predicted molar refractivity (Wildman–Crippen MR) is 326 cm³/mol. The molecule has 0 saturated carbocycles. The third-order valence-corrected chi connectivity index (χ3v) is 16.3. The maximum absolute atomic E-state index is 13.0. The van der Waals surface area contributed by atoms with Crippen LogP contribution in [-0.4, -0.2) is 96.7 Å². The highest BCUT2D eigenvalue weighted by Crippen LogP contribution is 2.45. The number of carbonyl (C=O) groups excluding carboxylic acids is 4. The lowest BCUT2D eigenvalue weighted by Gasteiger charge is -2.21. The van der Waals surface area contributed by atoms with E-state index in [2.05, 4.69) is 48.5 Å². The van der Waals surface area contributed by atoms with E-state index in [0.717, 1.165) is 109 Å². The van der Waals surface area contributed by atoms with E-state index in [1.54, 1.807) is 0 Å². The third kappa shape index (κ3) is 57.2. The van der Waals surface area contributed by atoms with E-state index in [9.17, 15) is 43.2 Å². The second-order valence-corrected chi connectivity index (χ2v) is 27.1. The summed E-state index contributed by atoms with van der Waals surface area (Å²) < 4.78 is 67.9. The van der Waals surface area contributed by atoms with Crippen LogP contribution in [0.1, 0.15) is 305 Å². The summed E-state index contributed by atoms with van der Waals surface area (Å²) >= 11 is 0. The second kappa shape index (κ2) is 54.5. The zero-order valence-electron chi connectivity index (χ0n) is 52.9. The molecule has 5 atom stereocenters. The summed E-state index contributed by atoms with van der Waals surface area (Å²) in [7, 11) is -9.88. The molecule has 0 aromatic rings. The lowest BCUT2D eigenvalue weighted by molar-refractivity contribution is -0.161. The van der Waals surface area contributed by atoms with Crippen molar-refractivity contribution in [3.05, 3.63) is 0 Å². The highest BCUT2D eigenvalue weighted by molar-refractivity contribution is 7.47. The molecule has 0 amide bonds. The molecule has 17 nitrogen and oxygen atoms in total. The SMILES string of the molecule is CCCCCCCCCCCCC(=O)O[C@H](COC(=O)CCCCCCCCC(C)C)COP(=O)(O)OC[C@H](O)COP(=O)(O)OC[C@@H](COC(=O)CCCCCCCCCC(C)C)OC(=O)CCCCCCCCCCCCC(C)C. The quantitative estimate of drug-likeness (QED) is 0.0222. The minimum absolute atomic E-state index is 0.105. The number of phosphoric acid groups is 2. The van der Waals surface area contributed by atoms with Crippen LogP contribution in [0.15, 0.2) is 0 Å². The minimum atomic E-state index is -4.94. The lowest BCUT2D eigenvalue weighted by atomic mass is 10.0. The zero-order valence-corrected chi connectivity index (χ0v) is 54.7. The summed E-state index contributed by atoms with van der Waals surface area (Å²) in [5.41, 5.74) is 0. The first kappa shape index (κ1) is 80.1. The van der Waals surface area contributed by atoms with Crippen molar-refractivity contribution in [2.24, 2.45) is 17.8 Å². The number of ether oxygens (including phenoxy) is 4. The average Bonchev–Trinajstić information content (AvgIpc) is 3.44. The predicted octanol–water partition coefficient (Wildman–Crippen LogP) is 17.1. The molecule has 486 valence electrons. The number of rotatable bonds is 61. The van der Waals surface area contributed by atoms with Crippen molar-refractivity contribution in [1.29, 1.82) is 0 Å². The highest BCUT2D eigenvalue weighted by atomic mass is 31.2. The van der Waals surface area contributed by atoms with Gasteiger partial charge in [-0.1, -0.05) is 254 Å². The van der Waals surface area contributed by atoms with Crippen molar-refractivity contribution in [2.45, 2.75) is 324 Å². The van der Waals surface area contributed by atoms with E-state index >= 15 is 0 Å². The first-order chi connectivity index (χ1) is 39.2. The summed E-state index contributed by atoms with van der Waals surface area (Å²) in [5, 5.41) is 10.5. The van der Waals surface area contributed by atoms with Crippen LogP contribution in [0.5, 0.6) is 0 Å². The molecule has 3 N–H and O–H groups in total. The van der Waals surface area contributed by atoms with Gasteiger partial charge in [-0.3, -0.25) is 37.3 Å². The Morgan fingerprint density at radius 1 is 0.329 bits per heavy atom. The van der Waals surface area contributed by atoms with Crippen molar-refractivity contribution in [3.63, 3.8) is 0 Å². The van der Waals surface area contributed by atoms with E-state index in [1.165, 1.54) is 103 Å². The molecule has 82 heavy (non-hydrogen) atoms. The number of phosphoric ester groups is 2. The first-order valence-electron chi connectivity index (χ1n) is 32.8. The Kier molecular flexibility index (Phi) is 53.2. The first-order valence-corrected chi connectivity index (χ1v) is 35.8. The fraction of sp³-hybridized carbons (Fsp3) is 0.937. The molecule has 0 spiro atoms. The van der Waals surface area contributed by atoms with Gasteiger partial charge in [-0.05, 0) is 43.4 Å². The number of hydrogen-bond donors (Lipinski definition) is 3. The number of hydrogen-bond acceptors (Lipinski definition) is 15. The van der Waals surface area contributed by atoms with Gasteiger partial charge in [-0.25, -0.2) is 9.13 Å². The molecule has 0 rings (SSSR count). The van der Waals surface area contributed by atoms with Crippen molar-refractivity contribution < 1.29 is 80.2 Å². The summed E-state index contributed by atoms with van der Waals surface area (Å²) in [6.45, 7) is 11.6. The largest absolute Gasteiger partial charge is 0.472 e. The standard InChI is InChI=1S/C63H122O17P2/c1-8-9-10-11-12-13-17-22-32-39-46-62(67)80-59(51-74-61(66)45-38-31-26-25-29-36-43-56(6)7)53-78-82(71,72)76-49-57(64)48-75-81(69,70)77-52-58(50-73-60(65)44-37-30-24-19-21-28-35-42-55(4)5)79-63(68)47-40-33-23-18-15-14-16-20-27-34-41-54(2)3/h54-59,64H,8-53H2,1-7H3,(H,69,70)(H,71,72)/t57-,58-,59-/m1/s1. The molecule has 0 bridgehead atoms. The van der Waals surface area contributed by atoms with Crippen LogP contribution < -0.4 is 0 Å². The van der Waals surface area contributed by atoms with Gasteiger partial charge in [0.2, 0.25) is 0 Å². The van der Waals surface area contributed by atoms with Gasteiger partial charge in [0, 0.05) is 25.7 Å². The maximum atomic E-state index is 13.0. The molecule has 0 fully saturated rings. The minimum Gasteiger partial charge on any atom is -0.462 e. The van der Waals surface area contributed by atoms with E-state index in [0.29, 0.717) is 37.5 Å². The van der Waals surface area contributed by atoms with Crippen molar-refractivity contribution >= 4 is 39.5 Å². The molecular formula is C63H122O17P2. The second-order valence-electron chi connectivity index (χ2n) is 24.2. The number of carbonyl (C=O) groups is 4. The van der Waals surface area contributed by atoms with Crippen molar-refractivity contribution in [2.75, 3.05) is 39.6 Å². The Morgan fingerprint density at radius 3 is 0.829 bits per heavy atom. The Bertz CT molecular complexity index is 1630. The Morgan fingerprint density at radius 2 is 0.561 bits per heavy atom. The highest BCUT2D eigenvalue weighted by Gasteiger charge is 2.30. The number of aliphatic hydroxyl groups is 1. The van der Waals surface area contributed by atoms with Gasteiger partial charge < -0.3 is 33.8 Å². The summed E-state index contributed by atoms with van der Waals surface area (Å²) in [6.07, 6.45) is 35.0. The fourth-order valence-electron chi connectivity index (χ4n) is 9.30. The molecule has 0 aromatic carbocycles. The fourth-order valence-corrected chi connectivity index (χ4v) is 10.9. The van der Waals surface area contributed by atoms with E-state index < -0.39 is 97.5 Å². The number of unbranched alkanes of at least 4 members (excludes halogenated alkanes) is 29. The molecule has 0 radical (unpaired) electrons. The molecular weight excluding hydrogens is 1090 g/mol. The van der Waals surface area contributed by atoms with Crippen molar-refractivity contribution in [1.82, 2.24) is 0 Å². The molecule has 0 aliphatic heterocycles. The lowest BCUT2D eigenvalue weighted by Crippen LogP contribution is -2.30. The topological polar surface area (TPSA) is 237 Å². The van der Waals surface area contributed by atoms with Gasteiger partial charge in [0.05, 0.1) is 26.4 Å². The molecule has 0 saturated heterocycles. The van der Waals surface area contributed by atoms with Gasteiger partial charge in [0.15, 0.2) is 12.2 Å². The van der Waals surface area contributed by atoms with E-state index in [1.807, 2.05) is 0 Å². The Balaban J connectivity index is 5.24. The molecule has 2 unspecified atom stereocenters. The molecule has 0 aliphatic rings. The molecule has 0 heterocycles. The van der Waals surface area contributed by atoms with Crippen molar-refractivity contribution in [3.8, 4) is 0 Å². The third-order valence-electron chi connectivity index (χ3n) is 14.4. The van der Waals surface area contributed by atoms with Crippen LogP contribution >= 0.6 is 15.6 Å². The molecule has 19 heteroatoms. The van der Waals surface area contributed by atoms with Crippen LogP contribution in [-0.2, 0) is 65.4 Å². The van der Waals surface area contributed by atoms with Gasteiger partial charge in [-0.15, -0.1) is 0 Å². The van der Waals surface area contributed by atoms with Crippen LogP contribution in [0.25, 0.3) is 0 Å². The number of esters is 4. The van der Waals surface area contributed by atoms with Gasteiger partial charge >= 0.3 is 39.5 Å². The monoisotopic (exact) mass is 1210 g/mol. The normalized spacial score (nSPS) is 14.4. The smallest absolute Gasteiger partial charge is 0.462 e. The van der Waals surface area contributed by atoms with Gasteiger partial charge in [-0.2, -0.15) is 0 Å². The van der Waals surface area contributed by atoms with Gasteiger partial charge in [0.1, 0.15) is 19.3 Å². The average molecular weight is 1210 g/mol. The molecule has 0 aromatic heterocycles. The van der Waals surface area contributed by atoms with E-state index in [-0.39, 0.29) is 25.7 Å². The number of aliphatic hydroxyl groups excluding tert-OH is 1. The van der Waals surface area contributed by atoms with Crippen LogP contribution in [0.3, 0.4) is 0 Å². The maximum Gasteiger partial charge on any atom is 0.472 e. The summed E-state index contributed by atoms with van der Waals surface area (Å²) in [4.78, 5) is 72.1. The van der Waals surface area contributed by atoms with Gasteiger partial charge in [0.25, 0.3) is 0 Å².